The van der Waals surface area contributed by atoms with Crippen LogP contribution in [-0.4, -0.2) is 26.1 Å². The van der Waals surface area contributed by atoms with E-state index in [-0.39, 0.29) is 5.78 Å². The second-order valence-electron chi connectivity index (χ2n) is 4.97. The average Bonchev–Trinajstić information content (AvgIpc) is 2.48. The molecule has 2 rings (SSSR count). The standard InChI is InChI=1S/C18H20O3/c1-13-4-6-15(7-5-13)16-8-9-17(14(2)19)18(12-16)21-11-10-20-3/h4-9,12H,10-11H2,1-3H3. The van der Waals surface area contributed by atoms with E-state index >= 15 is 0 Å². The Labute approximate surface area is 125 Å². The quantitative estimate of drug-likeness (QED) is 0.596. The van der Waals surface area contributed by atoms with Gasteiger partial charge in [-0.3, -0.25) is 4.79 Å². The lowest BCUT2D eigenvalue weighted by molar-refractivity contribution is 0.100. The summed E-state index contributed by atoms with van der Waals surface area (Å²) in [6, 6.07) is 14.0. The molecule has 0 aliphatic carbocycles. The van der Waals surface area contributed by atoms with Crippen LogP contribution in [0.5, 0.6) is 5.75 Å². The molecule has 0 aliphatic heterocycles. The lowest BCUT2D eigenvalue weighted by Gasteiger charge is -2.12. The van der Waals surface area contributed by atoms with Crippen LogP contribution in [0.3, 0.4) is 0 Å². The van der Waals surface area contributed by atoms with Gasteiger partial charge in [-0.05, 0) is 37.1 Å². The molecular weight excluding hydrogens is 264 g/mol. The van der Waals surface area contributed by atoms with Crippen molar-refractivity contribution in [3.05, 3.63) is 53.6 Å². The fourth-order valence-electron chi connectivity index (χ4n) is 2.09. The Balaban J connectivity index is 2.33. The SMILES string of the molecule is COCCOc1cc(-c2ccc(C)cc2)ccc1C(C)=O. The van der Waals surface area contributed by atoms with E-state index in [4.69, 9.17) is 9.47 Å². The van der Waals surface area contributed by atoms with Crippen molar-refractivity contribution in [2.75, 3.05) is 20.3 Å². The number of methoxy groups -OCH3 is 1. The molecule has 0 spiro atoms. The molecule has 0 atom stereocenters. The molecule has 0 amide bonds. The van der Waals surface area contributed by atoms with Crippen LogP contribution < -0.4 is 4.74 Å². The molecule has 21 heavy (non-hydrogen) atoms. The molecule has 0 radical (unpaired) electrons. The third-order valence-corrected chi connectivity index (χ3v) is 3.29. The van der Waals surface area contributed by atoms with Gasteiger partial charge in [0.1, 0.15) is 12.4 Å². The van der Waals surface area contributed by atoms with E-state index in [2.05, 4.69) is 31.2 Å². The van der Waals surface area contributed by atoms with Gasteiger partial charge in [0.25, 0.3) is 0 Å². The highest BCUT2D eigenvalue weighted by Crippen LogP contribution is 2.28. The predicted octanol–water partition coefficient (Wildman–Crippen LogP) is 3.89. The van der Waals surface area contributed by atoms with Crippen molar-refractivity contribution < 1.29 is 14.3 Å². The monoisotopic (exact) mass is 284 g/mol. The first kappa shape index (κ1) is 15.3. The Kier molecular flexibility index (Phi) is 5.12. The van der Waals surface area contributed by atoms with E-state index in [9.17, 15) is 4.79 Å². The first-order valence-corrected chi connectivity index (χ1v) is 6.95. The highest BCUT2D eigenvalue weighted by atomic mass is 16.5. The van der Waals surface area contributed by atoms with Crippen LogP contribution in [0.25, 0.3) is 11.1 Å². The number of rotatable bonds is 6. The maximum atomic E-state index is 11.7. The van der Waals surface area contributed by atoms with Crippen molar-refractivity contribution in [1.29, 1.82) is 0 Å². The lowest BCUT2D eigenvalue weighted by Crippen LogP contribution is -2.07. The summed E-state index contributed by atoms with van der Waals surface area (Å²) in [6.07, 6.45) is 0. The largest absolute Gasteiger partial charge is 0.490 e. The van der Waals surface area contributed by atoms with E-state index in [1.807, 2.05) is 18.2 Å². The smallest absolute Gasteiger partial charge is 0.163 e. The number of ether oxygens (including phenoxy) is 2. The van der Waals surface area contributed by atoms with Crippen LogP contribution in [0.4, 0.5) is 0 Å². The van der Waals surface area contributed by atoms with E-state index in [0.29, 0.717) is 24.5 Å². The number of hydrogen-bond acceptors (Lipinski definition) is 3. The number of aryl methyl sites for hydroxylation is 1. The van der Waals surface area contributed by atoms with Crippen LogP contribution in [-0.2, 0) is 4.74 Å². The van der Waals surface area contributed by atoms with Crippen molar-refractivity contribution in [2.24, 2.45) is 0 Å². The normalized spacial score (nSPS) is 10.4. The van der Waals surface area contributed by atoms with Gasteiger partial charge in [-0.15, -0.1) is 0 Å². The first-order chi connectivity index (χ1) is 10.1. The topological polar surface area (TPSA) is 35.5 Å². The van der Waals surface area contributed by atoms with Crippen molar-refractivity contribution >= 4 is 5.78 Å². The average molecular weight is 284 g/mol. The van der Waals surface area contributed by atoms with Crippen molar-refractivity contribution in [3.63, 3.8) is 0 Å². The Morgan fingerprint density at radius 1 is 1.00 bits per heavy atom. The molecule has 2 aromatic carbocycles. The molecule has 0 N–H and O–H groups in total. The van der Waals surface area contributed by atoms with Gasteiger partial charge in [0.15, 0.2) is 5.78 Å². The molecule has 0 fully saturated rings. The number of benzene rings is 2. The number of carbonyl (C=O) groups is 1. The molecule has 110 valence electrons. The molecule has 0 bridgehead atoms. The predicted molar refractivity (Wildman–Crippen MR) is 84.0 cm³/mol. The molecular formula is C18H20O3. The van der Waals surface area contributed by atoms with E-state index in [1.54, 1.807) is 14.0 Å². The van der Waals surface area contributed by atoms with E-state index in [0.717, 1.165) is 11.1 Å². The van der Waals surface area contributed by atoms with Gasteiger partial charge in [-0.25, -0.2) is 0 Å². The van der Waals surface area contributed by atoms with Crippen LogP contribution in [0.2, 0.25) is 0 Å². The number of ketones is 1. The maximum Gasteiger partial charge on any atom is 0.163 e. The zero-order valence-corrected chi connectivity index (χ0v) is 12.7. The molecule has 0 aromatic heterocycles. The number of carbonyl (C=O) groups excluding carboxylic acids is 1. The first-order valence-electron chi connectivity index (χ1n) is 6.95. The van der Waals surface area contributed by atoms with Gasteiger partial charge in [0.05, 0.1) is 12.2 Å². The maximum absolute atomic E-state index is 11.7. The minimum atomic E-state index is -0.00197. The molecule has 0 saturated carbocycles. The van der Waals surface area contributed by atoms with Crippen LogP contribution >= 0.6 is 0 Å². The minimum absolute atomic E-state index is 0.00197. The Bertz CT molecular complexity index is 615. The minimum Gasteiger partial charge on any atom is -0.490 e. The Hall–Kier alpha value is -2.13. The summed E-state index contributed by atoms with van der Waals surface area (Å²) in [5.41, 5.74) is 3.96. The molecule has 0 aliphatic rings. The van der Waals surface area contributed by atoms with E-state index < -0.39 is 0 Å². The van der Waals surface area contributed by atoms with Gasteiger partial charge in [0, 0.05) is 7.11 Å². The van der Waals surface area contributed by atoms with Crippen LogP contribution in [0, 0.1) is 6.92 Å². The van der Waals surface area contributed by atoms with Crippen molar-refractivity contribution in [1.82, 2.24) is 0 Å². The zero-order chi connectivity index (χ0) is 15.2. The fraction of sp³-hybridized carbons (Fsp3) is 0.278. The molecule has 0 unspecified atom stereocenters. The third-order valence-electron chi connectivity index (χ3n) is 3.29. The zero-order valence-electron chi connectivity index (χ0n) is 12.7. The molecule has 3 nitrogen and oxygen atoms in total. The van der Waals surface area contributed by atoms with Gasteiger partial charge >= 0.3 is 0 Å². The van der Waals surface area contributed by atoms with Crippen LogP contribution in [0.15, 0.2) is 42.5 Å². The van der Waals surface area contributed by atoms with Gasteiger partial charge in [0.2, 0.25) is 0 Å². The van der Waals surface area contributed by atoms with Gasteiger partial charge < -0.3 is 9.47 Å². The van der Waals surface area contributed by atoms with Gasteiger partial charge in [-0.2, -0.15) is 0 Å². The summed E-state index contributed by atoms with van der Waals surface area (Å²) in [4.78, 5) is 11.7. The summed E-state index contributed by atoms with van der Waals surface area (Å²) in [5, 5.41) is 0. The van der Waals surface area contributed by atoms with Gasteiger partial charge in [-0.1, -0.05) is 35.9 Å². The van der Waals surface area contributed by atoms with E-state index in [1.165, 1.54) is 5.56 Å². The Morgan fingerprint density at radius 2 is 1.67 bits per heavy atom. The number of hydrogen-bond donors (Lipinski definition) is 0. The fourth-order valence-corrected chi connectivity index (χ4v) is 2.09. The molecule has 3 heteroatoms. The summed E-state index contributed by atoms with van der Waals surface area (Å²) in [5.74, 6) is 0.607. The molecule has 0 heterocycles. The number of Topliss-reactive ketones (excluding diaryl/α,β-unsaturated/α-hetero) is 1. The summed E-state index contributed by atoms with van der Waals surface area (Å²) in [7, 11) is 1.62. The summed E-state index contributed by atoms with van der Waals surface area (Å²) < 4.78 is 10.7. The Morgan fingerprint density at radius 3 is 2.29 bits per heavy atom. The second-order valence-corrected chi connectivity index (χ2v) is 4.97. The summed E-state index contributed by atoms with van der Waals surface area (Å²) >= 11 is 0. The van der Waals surface area contributed by atoms with Crippen molar-refractivity contribution in [2.45, 2.75) is 13.8 Å². The lowest BCUT2D eigenvalue weighted by atomic mass is 10.0. The second kappa shape index (κ2) is 7.04. The molecule has 2 aromatic rings. The highest BCUT2D eigenvalue weighted by Gasteiger charge is 2.10. The summed E-state index contributed by atoms with van der Waals surface area (Å²) in [6.45, 7) is 4.52. The van der Waals surface area contributed by atoms with Crippen molar-refractivity contribution in [3.8, 4) is 16.9 Å². The van der Waals surface area contributed by atoms with Crippen LogP contribution in [0.1, 0.15) is 22.8 Å². The molecule has 0 saturated heterocycles. The highest BCUT2D eigenvalue weighted by molar-refractivity contribution is 5.97. The third kappa shape index (κ3) is 3.92.